The number of halogens is 3. The van der Waals surface area contributed by atoms with Gasteiger partial charge in [-0.1, -0.05) is 17.7 Å². The molecule has 0 unspecified atom stereocenters. The summed E-state index contributed by atoms with van der Waals surface area (Å²) >= 11 is 11.3. The van der Waals surface area contributed by atoms with Crippen molar-refractivity contribution < 1.29 is 9.18 Å². The van der Waals surface area contributed by atoms with Crippen molar-refractivity contribution in [1.82, 2.24) is 5.32 Å². The van der Waals surface area contributed by atoms with Gasteiger partial charge in [-0.3, -0.25) is 4.79 Å². The fourth-order valence-corrected chi connectivity index (χ4v) is 1.89. The maximum atomic E-state index is 13.6. The van der Waals surface area contributed by atoms with Crippen LogP contribution < -0.4 is 5.32 Å². The molecule has 0 heterocycles. The Morgan fingerprint density at radius 1 is 1.47 bits per heavy atom. The molecule has 5 heteroatoms. The number of nitrogens with one attached hydrogen (secondary N) is 1. The topological polar surface area (TPSA) is 29.1 Å². The largest absolute Gasteiger partial charge is 0.350 e. The first-order valence-electron chi connectivity index (χ1n) is 5.15. The van der Waals surface area contributed by atoms with Crippen molar-refractivity contribution in [2.45, 2.75) is 25.8 Å². The summed E-state index contributed by atoms with van der Waals surface area (Å²) in [6.45, 7) is 3.58. The molecule has 1 amide bonds. The monoisotopic (exact) mass is 277 g/mol. The molecule has 0 aromatic heterocycles. The van der Waals surface area contributed by atoms with E-state index in [1.165, 1.54) is 6.07 Å². The molecule has 17 heavy (non-hydrogen) atoms. The van der Waals surface area contributed by atoms with Crippen LogP contribution in [-0.4, -0.2) is 17.3 Å². The Kier molecular flexibility index (Phi) is 4.78. The third-order valence-electron chi connectivity index (χ3n) is 2.28. The zero-order valence-electron chi connectivity index (χ0n) is 9.69. The summed E-state index contributed by atoms with van der Waals surface area (Å²) in [4.78, 5) is 11.2. The van der Waals surface area contributed by atoms with E-state index in [-0.39, 0.29) is 17.6 Å². The predicted molar refractivity (Wildman–Crippen MR) is 68.1 cm³/mol. The first kappa shape index (κ1) is 14.3. The Hall–Kier alpha value is -0.800. The minimum atomic E-state index is -0.599. The molecular weight excluding hydrogens is 264 g/mol. The predicted octanol–water partition coefficient (Wildman–Crippen LogP) is 3.16. The summed E-state index contributed by atoms with van der Waals surface area (Å²) in [5, 5.41) is 3.07. The molecule has 0 fully saturated rings. The van der Waals surface area contributed by atoms with Gasteiger partial charge in [0, 0.05) is 16.1 Å². The molecular formula is C12H14Cl2FNO. The maximum Gasteiger partial charge on any atom is 0.235 e. The summed E-state index contributed by atoms with van der Waals surface area (Å²) < 4.78 is 13.6. The van der Waals surface area contributed by atoms with E-state index in [4.69, 9.17) is 23.2 Å². The Labute approximate surface area is 110 Å². The molecule has 1 rings (SSSR count). The standard InChI is InChI=1S/C12H14Cl2FNO/c1-12(2,16-11(17)7-13)6-8-9(14)4-3-5-10(8)15/h3-5H,6-7H2,1-2H3,(H,16,17). The van der Waals surface area contributed by atoms with E-state index < -0.39 is 5.54 Å². The average Bonchev–Trinajstić information content (AvgIpc) is 2.23. The van der Waals surface area contributed by atoms with Gasteiger partial charge in [-0.15, -0.1) is 11.6 Å². The quantitative estimate of drug-likeness (QED) is 0.842. The molecule has 0 saturated heterocycles. The first-order valence-corrected chi connectivity index (χ1v) is 6.07. The number of carbonyl (C=O) groups excluding carboxylic acids is 1. The van der Waals surface area contributed by atoms with Gasteiger partial charge in [0.05, 0.1) is 0 Å². The lowest BCUT2D eigenvalue weighted by atomic mass is 9.94. The lowest BCUT2D eigenvalue weighted by Crippen LogP contribution is -2.45. The van der Waals surface area contributed by atoms with Crippen LogP contribution in [0, 0.1) is 5.82 Å². The van der Waals surface area contributed by atoms with Crippen LogP contribution in [0.2, 0.25) is 5.02 Å². The van der Waals surface area contributed by atoms with Gasteiger partial charge in [-0.25, -0.2) is 4.39 Å². The summed E-state index contributed by atoms with van der Waals surface area (Å²) in [5.41, 5.74) is -0.202. The minimum Gasteiger partial charge on any atom is -0.350 e. The van der Waals surface area contributed by atoms with Crippen LogP contribution >= 0.6 is 23.2 Å². The lowest BCUT2D eigenvalue weighted by Gasteiger charge is -2.26. The highest BCUT2D eigenvalue weighted by Gasteiger charge is 2.23. The highest BCUT2D eigenvalue weighted by Crippen LogP contribution is 2.23. The molecule has 2 nitrogen and oxygen atoms in total. The summed E-state index contributed by atoms with van der Waals surface area (Å²) in [7, 11) is 0. The molecule has 0 saturated carbocycles. The Balaban J connectivity index is 2.86. The van der Waals surface area contributed by atoms with Crippen molar-refractivity contribution in [3.05, 3.63) is 34.6 Å². The van der Waals surface area contributed by atoms with Gasteiger partial charge in [0.2, 0.25) is 5.91 Å². The molecule has 1 N–H and O–H groups in total. The van der Waals surface area contributed by atoms with E-state index in [1.54, 1.807) is 26.0 Å². The van der Waals surface area contributed by atoms with E-state index >= 15 is 0 Å². The zero-order valence-corrected chi connectivity index (χ0v) is 11.2. The summed E-state index contributed by atoms with van der Waals surface area (Å²) in [6, 6.07) is 4.52. The van der Waals surface area contributed by atoms with E-state index in [9.17, 15) is 9.18 Å². The molecule has 0 atom stereocenters. The zero-order chi connectivity index (χ0) is 13.1. The average molecular weight is 278 g/mol. The molecule has 1 aromatic carbocycles. The van der Waals surface area contributed by atoms with Gasteiger partial charge in [-0.05, 0) is 32.4 Å². The van der Waals surface area contributed by atoms with E-state index in [0.717, 1.165) is 0 Å². The van der Waals surface area contributed by atoms with E-state index in [0.29, 0.717) is 17.0 Å². The van der Waals surface area contributed by atoms with Gasteiger partial charge in [-0.2, -0.15) is 0 Å². The second-order valence-electron chi connectivity index (χ2n) is 4.44. The number of amides is 1. The summed E-state index contributed by atoms with van der Waals surface area (Å²) in [5.74, 6) is -0.774. The van der Waals surface area contributed by atoms with Crippen molar-refractivity contribution in [2.24, 2.45) is 0 Å². The second-order valence-corrected chi connectivity index (χ2v) is 5.12. The third-order valence-corrected chi connectivity index (χ3v) is 2.88. The molecule has 1 aromatic rings. The molecule has 0 aliphatic heterocycles. The lowest BCUT2D eigenvalue weighted by molar-refractivity contribution is -0.120. The van der Waals surface area contributed by atoms with Crippen LogP contribution in [-0.2, 0) is 11.2 Å². The highest BCUT2D eigenvalue weighted by molar-refractivity contribution is 6.31. The minimum absolute atomic E-state index is 0.117. The third kappa shape index (κ3) is 4.17. The van der Waals surface area contributed by atoms with Crippen molar-refractivity contribution >= 4 is 29.1 Å². The second kappa shape index (κ2) is 5.69. The molecule has 94 valence electrons. The molecule has 0 radical (unpaired) electrons. The van der Waals surface area contributed by atoms with Gasteiger partial charge < -0.3 is 5.32 Å². The van der Waals surface area contributed by atoms with Crippen molar-refractivity contribution in [3.63, 3.8) is 0 Å². The first-order chi connectivity index (χ1) is 7.85. The van der Waals surface area contributed by atoms with E-state index in [1.807, 2.05) is 0 Å². The normalized spacial score (nSPS) is 11.4. The number of rotatable bonds is 4. The number of alkyl halides is 1. The van der Waals surface area contributed by atoms with Crippen LogP contribution in [0.5, 0.6) is 0 Å². The van der Waals surface area contributed by atoms with Crippen LogP contribution in [0.15, 0.2) is 18.2 Å². The number of carbonyl (C=O) groups is 1. The smallest absolute Gasteiger partial charge is 0.235 e. The SMILES string of the molecule is CC(C)(Cc1c(F)cccc1Cl)NC(=O)CCl. The van der Waals surface area contributed by atoms with Crippen molar-refractivity contribution in [1.29, 1.82) is 0 Å². The van der Waals surface area contributed by atoms with Crippen molar-refractivity contribution in [2.75, 3.05) is 5.88 Å². The fourth-order valence-electron chi connectivity index (χ4n) is 1.60. The number of benzene rings is 1. The molecule has 0 aliphatic carbocycles. The van der Waals surface area contributed by atoms with Gasteiger partial charge in [0.1, 0.15) is 11.7 Å². The van der Waals surface area contributed by atoms with Gasteiger partial charge >= 0.3 is 0 Å². The Bertz CT molecular complexity index is 401. The van der Waals surface area contributed by atoms with Crippen LogP contribution in [0.1, 0.15) is 19.4 Å². The molecule has 0 bridgehead atoms. The molecule has 0 spiro atoms. The Morgan fingerprint density at radius 2 is 2.12 bits per heavy atom. The highest BCUT2D eigenvalue weighted by atomic mass is 35.5. The summed E-state index contributed by atoms with van der Waals surface area (Å²) in [6.07, 6.45) is 0.307. The number of hydrogen-bond acceptors (Lipinski definition) is 1. The van der Waals surface area contributed by atoms with Crippen LogP contribution in [0.3, 0.4) is 0 Å². The maximum absolute atomic E-state index is 13.6. The van der Waals surface area contributed by atoms with Gasteiger partial charge in [0.25, 0.3) is 0 Å². The fraction of sp³-hybridized carbons (Fsp3) is 0.417. The van der Waals surface area contributed by atoms with Crippen molar-refractivity contribution in [3.8, 4) is 0 Å². The van der Waals surface area contributed by atoms with E-state index in [2.05, 4.69) is 5.32 Å². The van der Waals surface area contributed by atoms with Crippen LogP contribution in [0.25, 0.3) is 0 Å². The van der Waals surface area contributed by atoms with Gasteiger partial charge in [0.15, 0.2) is 0 Å². The van der Waals surface area contributed by atoms with Crippen LogP contribution in [0.4, 0.5) is 4.39 Å². The Morgan fingerprint density at radius 3 is 2.65 bits per heavy atom. The number of hydrogen-bond donors (Lipinski definition) is 1. The molecule has 0 aliphatic rings.